The molecule has 0 aliphatic heterocycles. The average Bonchev–Trinajstić information content (AvgIpc) is 3.36. The van der Waals surface area contributed by atoms with Crippen molar-refractivity contribution in [3.05, 3.63) is 46.2 Å². The van der Waals surface area contributed by atoms with Gasteiger partial charge in [-0.2, -0.15) is 9.97 Å². The second-order valence-corrected chi connectivity index (χ2v) is 9.92. The Hall–Kier alpha value is -3.75. The summed E-state index contributed by atoms with van der Waals surface area (Å²) in [4.78, 5) is 21.2. The molecule has 1 unspecified atom stereocenters. The third-order valence-electron chi connectivity index (χ3n) is 7.02. The van der Waals surface area contributed by atoms with Crippen LogP contribution < -0.4 is 24.3 Å². The van der Waals surface area contributed by atoms with Gasteiger partial charge in [0.1, 0.15) is 5.75 Å². The van der Waals surface area contributed by atoms with Crippen molar-refractivity contribution < 1.29 is 28.2 Å². The average molecular weight is 510 g/mol. The summed E-state index contributed by atoms with van der Waals surface area (Å²) in [5, 5.41) is 2.70. The summed E-state index contributed by atoms with van der Waals surface area (Å²) in [5.41, 5.74) is 5.30. The van der Waals surface area contributed by atoms with E-state index in [0.29, 0.717) is 5.92 Å². The van der Waals surface area contributed by atoms with Crippen LogP contribution in [0.3, 0.4) is 0 Å². The minimum absolute atomic E-state index is 0.0465. The molecular weight excluding hydrogens is 474 g/mol. The molecule has 1 aliphatic rings. The smallest absolute Gasteiger partial charge is 0.322 e. The summed E-state index contributed by atoms with van der Waals surface area (Å²) in [6, 6.07) is 5.49. The number of amides is 1. The number of aromatic nitrogens is 2. The Bertz CT molecular complexity index is 1290. The standard InChI is InChI=1S/C28H35N3O6/c1-9-17-21-15(2)12-13-28(4,5)18(21)14-16(3)23(17)37-20-11-10-19(36-20)24(32)29-22-25(33-6)30-27(35-8)31-26(22)34-7/h10-11,14-15H,9,12-13H2,1-8H3,(H,29,32). The highest BCUT2D eigenvalue weighted by Crippen LogP contribution is 2.48. The first kappa shape index (κ1) is 26.3. The van der Waals surface area contributed by atoms with Gasteiger partial charge in [0.15, 0.2) is 11.4 Å². The third kappa shape index (κ3) is 4.95. The number of furan rings is 1. The number of hydrogen-bond acceptors (Lipinski definition) is 8. The predicted octanol–water partition coefficient (Wildman–Crippen LogP) is 6.19. The number of fused-ring (bicyclic) bond motifs is 1. The maximum absolute atomic E-state index is 13.0. The summed E-state index contributed by atoms with van der Waals surface area (Å²) in [5.74, 6) is 1.18. The van der Waals surface area contributed by atoms with E-state index in [1.807, 2.05) is 0 Å². The van der Waals surface area contributed by atoms with Crippen LogP contribution >= 0.6 is 0 Å². The molecule has 9 heteroatoms. The first-order valence-corrected chi connectivity index (χ1v) is 12.4. The second-order valence-electron chi connectivity index (χ2n) is 9.92. The van der Waals surface area contributed by atoms with Gasteiger partial charge in [0.25, 0.3) is 11.9 Å². The molecule has 198 valence electrons. The van der Waals surface area contributed by atoms with Crippen LogP contribution in [-0.4, -0.2) is 37.2 Å². The fourth-order valence-corrected chi connectivity index (χ4v) is 5.02. The molecular formula is C28H35N3O6. The first-order valence-electron chi connectivity index (χ1n) is 12.4. The van der Waals surface area contributed by atoms with E-state index in [4.69, 9.17) is 23.4 Å². The molecule has 0 spiro atoms. The lowest BCUT2D eigenvalue weighted by Crippen LogP contribution is -2.27. The fourth-order valence-electron chi connectivity index (χ4n) is 5.02. The highest BCUT2D eigenvalue weighted by Gasteiger charge is 2.34. The van der Waals surface area contributed by atoms with Crippen LogP contribution in [0.25, 0.3) is 0 Å². The molecule has 4 rings (SSSR count). The number of carbonyl (C=O) groups excluding carboxylic acids is 1. The number of ether oxygens (including phenoxy) is 4. The van der Waals surface area contributed by atoms with Crippen LogP contribution in [-0.2, 0) is 11.8 Å². The molecule has 0 bridgehead atoms. The van der Waals surface area contributed by atoms with Gasteiger partial charge in [-0.05, 0) is 65.8 Å². The van der Waals surface area contributed by atoms with Crippen molar-refractivity contribution in [2.45, 2.75) is 65.2 Å². The van der Waals surface area contributed by atoms with Gasteiger partial charge in [-0.15, -0.1) is 0 Å². The molecule has 1 aromatic carbocycles. The van der Waals surface area contributed by atoms with E-state index in [0.717, 1.165) is 30.6 Å². The van der Waals surface area contributed by atoms with Crippen molar-refractivity contribution in [3.63, 3.8) is 0 Å². The molecule has 2 aromatic heterocycles. The van der Waals surface area contributed by atoms with Crippen molar-refractivity contribution >= 4 is 11.6 Å². The van der Waals surface area contributed by atoms with Gasteiger partial charge in [-0.25, -0.2) is 0 Å². The molecule has 2 heterocycles. The fraction of sp³-hybridized carbons (Fsp3) is 0.464. The van der Waals surface area contributed by atoms with Crippen LogP contribution in [0.2, 0.25) is 0 Å². The minimum atomic E-state index is -0.534. The van der Waals surface area contributed by atoms with E-state index < -0.39 is 5.91 Å². The summed E-state index contributed by atoms with van der Waals surface area (Å²) in [6.45, 7) is 11.1. The maximum atomic E-state index is 13.0. The number of aryl methyl sites for hydroxylation is 1. The molecule has 9 nitrogen and oxygen atoms in total. The number of carbonyl (C=O) groups is 1. The topological polar surface area (TPSA) is 105 Å². The first-order chi connectivity index (χ1) is 17.6. The van der Waals surface area contributed by atoms with E-state index in [1.165, 1.54) is 38.0 Å². The van der Waals surface area contributed by atoms with Gasteiger partial charge in [-0.1, -0.05) is 33.8 Å². The molecule has 37 heavy (non-hydrogen) atoms. The van der Waals surface area contributed by atoms with Crippen LogP contribution in [0.4, 0.5) is 5.69 Å². The van der Waals surface area contributed by atoms with Gasteiger partial charge in [0.05, 0.1) is 21.3 Å². The Morgan fingerprint density at radius 2 is 1.81 bits per heavy atom. The maximum Gasteiger partial charge on any atom is 0.322 e. The lowest BCUT2D eigenvalue weighted by atomic mass is 9.67. The highest BCUT2D eigenvalue weighted by molar-refractivity contribution is 6.03. The zero-order valence-electron chi connectivity index (χ0n) is 22.8. The van der Waals surface area contributed by atoms with Crippen molar-refractivity contribution in [2.75, 3.05) is 26.6 Å². The molecule has 0 fully saturated rings. The monoisotopic (exact) mass is 509 g/mol. The van der Waals surface area contributed by atoms with Crippen LogP contribution in [0.5, 0.6) is 29.5 Å². The van der Waals surface area contributed by atoms with E-state index in [2.05, 4.69) is 56.0 Å². The van der Waals surface area contributed by atoms with Crippen molar-refractivity contribution in [2.24, 2.45) is 0 Å². The second kappa shape index (κ2) is 10.3. The van der Waals surface area contributed by atoms with Gasteiger partial charge < -0.3 is 28.7 Å². The molecule has 1 aliphatic carbocycles. The van der Waals surface area contributed by atoms with E-state index >= 15 is 0 Å². The third-order valence-corrected chi connectivity index (χ3v) is 7.02. The van der Waals surface area contributed by atoms with Crippen LogP contribution in [0, 0.1) is 6.92 Å². The van der Waals surface area contributed by atoms with E-state index in [-0.39, 0.29) is 40.6 Å². The molecule has 1 amide bonds. The highest BCUT2D eigenvalue weighted by atomic mass is 16.6. The Morgan fingerprint density at radius 3 is 2.41 bits per heavy atom. The van der Waals surface area contributed by atoms with Crippen molar-refractivity contribution in [1.82, 2.24) is 9.97 Å². The Labute approximate surface area is 217 Å². The van der Waals surface area contributed by atoms with Gasteiger partial charge in [0, 0.05) is 6.07 Å². The van der Waals surface area contributed by atoms with E-state index in [1.54, 1.807) is 12.1 Å². The van der Waals surface area contributed by atoms with Crippen LogP contribution in [0.1, 0.15) is 79.3 Å². The van der Waals surface area contributed by atoms with Crippen molar-refractivity contribution in [3.8, 4) is 29.5 Å². The van der Waals surface area contributed by atoms with Gasteiger partial charge in [0.2, 0.25) is 11.8 Å². The summed E-state index contributed by atoms with van der Waals surface area (Å²) in [6.07, 6.45) is 3.14. The molecule has 3 aromatic rings. The minimum Gasteiger partial charge on any atom is -0.479 e. The number of rotatable bonds is 8. The SMILES string of the molecule is CCc1c(Oc2ccc(C(=O)Nc3c(OC)nc(OC)nc3OC)o2)c(C)cc2c1C(C)CCC2(C)C. The number of hydrogen-bond donors (Lipinski definition) is 1. The number of methoxy groups -OCH3 is 3. The summed E-state index contributed by atoms with van der Waals surface area (Å²) >= 11 is 0. The Morgan fingerprint density at radius 1 is 1.14 bits per heavy atom. The summed E-state index contributed by atoms with van der Waals surface area (Å²) < 4.78 is 27.7. The molecule has 1 atom stereocenters. The predicted molar refractivity (Wildman–Crippen MR) is 140 cm³/mol. The number of nitrogens with zero attached hydrogens (tertiary/aromatic N) is 2. The Kier molecular flexibility index (Phi) is 7.34. The van der Waals surface area contributed by atoms with Crippen LogP contribution in [0.15, 0.2) is 22.6 Å². The molecule has 0 saturated heterocycles. The number of benzene rings is 1. The summed E-state index contributed by atoms with van der Waals surface area (Å²) in [7, 11) is 4.26. The number of anilines is 1. The lowest BCUT2D eigenvalue weighted by molar-refractivity contribution is 0.0990. The Balaban J connectivity index is 1.63. The quantitative estimate of drug-likeness (QED) is 0.383. The van der Waals surface area contributed by atoms with Gasteiger partial charge in [-0.3, -0.25) is 4.79 Å². The lowest BCUT2D eigenvalue weighted by Gasteiger charge is -2.38. The normalized spacial score (nSPS) is 16.1. The zero-order valence-corrected chi connectivity index (χ0v) is 22.8. The molecule has 1 N–H and O–H groups in total. The molecule has 0 radical (unpaired) electrons. The van der Waals surface area contributed by atoms with Gasteiger partial charge >= 0.3 is 6.01 Å². The van der Waals surface area contributed by atoms with E-state index in [9.17, 15) is 4.79 Å². The zero-order chi connectivity index (χ0) is 26.9. The molecule has 0 saturated carbocycles. The number of nitrogens with one attached hydrogen (secondary N) is 1. The van der Waals surface area contributed by atoms with Crippen molar-refractivity contribution in [1.29, 1.82) is 0 Å². The largest absolute Gasteiger partial charge is 0.479 e.